The van der Waals surface area contributed by atoms with E-state index >= 15 is 0 Å². The van der Waals surface area contributed by atoms with Crippen LogP contribution in [0.15, 0.2) is 77.9 Å². The highest BCUT2D eigenvalue weighted by Crippen LogP contribution is 2.53. The number of hydrogen-bond acceptors (Lipinski definition) is 6. The zero-order chi connectivity index (χ0) is 24.3. The van der Waals surface area contributed by atoms with Crippen LogP contribution in [0.4, 0.5) is 5.69 Å². The van der Waals surface area contributed by atoms with Crippen molar-refractivity contribution in [3.8, 4) is 5.75 Å². The number of hydrogen-bond donors (Lipinski definition) is 0. The SMILES string of the molecule is COc1ccc(C(=O)[C@@H]2[C@@H]3C(=O)N(c4ccc(Cl)cc4)C(=O)[C@H]3[C@@H]3c4ccccc4C=NN23)cc1. The van der Waals surface area contributed by atoms with Crippen LogP contribution in [0.25, 0.3) is 0 Å². The van der Waals surface area contributed by atoms with Crippen LogP contribution >= 0.6 is 11.6 Å². The summed E-state index contributed by atoms with van der Waals surface area (Å²) in [5, 5.41) is 6.73. The van der Waals surface area contributed by atoms with Crippen LogP contribution in [0, 0.1) is 11.8 Å². The van der Waals surface area contributed by atoms with Crippen LogP contribution < -0.4 is 9.64 Å². The lowest BCUT2D eigenvalue weighted by Gasteiger charge is -2.33. The van der Waals surface area contributed by atoms with E-state index in [2.05, 4.69) is 5.10 Å². The quantitative estimate of drug-likeness (QED) is 0.410. The summed E-state index contributed by atoms with van der Waals surface area (Å²) in [5.41, 5.74) is 2.61. The Labute approximate surface area is 206 Å². The number of amides is 2. The molecule has 3 aliphatic heterocycles. The van der Waals surface area contributed by atoms with Crippen LogP contribution in [-0.4, -0.2) is 42.0 Å². The number of halogens is 1. The van der Waals surface area contributed by atoms with Gasteiger partial charge in [-0.15, -0.1) is 0 Å². The maximum absolute atomic E-state index is 13.8. The molecule has 3 aromatic carbocycles. The summed E-state index contributed by atoms with van der Waals surface area (Å²) in [5.74, 6) is -2.01. The van der Waals surface area contributed by atoms with Crippen LogP contribution in [0.2, 0.25) is 5.02 Å². The normalized spacial score (nSPS) is 24.3. The van der Waals surface area contributed by atoms with Crippen LogP contribution in [0.5, 0.6) is 5.75 Å². The number of benzene rings is 3. The topological polar surface area (TPSA) is 79.3 Å². The van der Waals surface area contributed by atoms with Gasteiger partial charge in [0.15, 0.2) is 5.78 Å². The molecule has 0 saturated carbocycles. The molecule has 2 amide bonds. The standard InChI is InChI=1S/C27H20ClN3O4/c1-35-19-12-6-15(7-13-19)25(32)24-22-21(23-20-5-3-2-4-16(20)14-29-31(23)24)26(33)30(27(22)34)18-10-8-17(28)9-11-18/h2-14,21-24H,1H3/t21-,22-,23+,24+/m1/s1. The Morgan fingerprint density at radius 3 is 2.31 bits per heavy atom. The Bertz CT molecular complexity index is 1390. The molecule has 3 heterocycles. The van der Waals surface area contributed by atoms with Gasteiger partial charge >= 0.3 is 0 Å². The fourth-order valence-corrected chi connectivity index (χ4v) is 5.57. The second-order valence-electron chi connectivity index (χ2n) is 8.78. The highest BCUT2D eigenvalue weighted by Gasteiger charge is 2.65. The van der Waals surface area contributed by atoms with Gasteiger partial charge in [-0.25, -0.2) is 4.90 Å². The third-order valence-corrected chi connectivity index (χ3v) is 7.27. The number of methoxy groups -OCH3 is 1. The molecule has 35 heavy (non-hydrogen) atoms. The number of ether oxygens (including phenoxy) is 1. The first-order valence-corrected chi connectivity index (χ1v) is 11.6. The number of hydrazone groups is 1. The molecule has 8 heteroatoms. The lowest BCUT2D eigenvalue weighted by Crippen LogP contribution is -2.44. The molecule has 0 radical (unpaired) electrons. The van der Waals surface area contributed by atoms with Gasteiger partial charge in [-0.1, -0.05) is 35.9 Å². The number of Topliss-reactive ketones (excluding diaryl/α,β-unsaturated/α-hetero) is 1. The number of anilines is 1. The smallest absolute Gasteiger partial charge is 0.240 e. The lowest BCUT2D eigenvalue weighted by atomic mass is 9.83. The molecular weight excluding hydrogens is 466 g/mol. The Balaban J connectivity index is 1.47. The fraction of sp³-hybridized carbons (Fsp3) is 0.185. The van der Waals surface area contributed by atoms with Crippen molar-refractivity contribution >= 4 is 41.1 Å². The molecular formula is C27H20ClN3O4. The Morgan fingerprint density at radius 2 is 1.60 bits per heavy atom. The van der Waals surface area contributed by atoms with Gasteiger partial charge in [0.25, 0.3) is 0 Å². The van der Waals surface area contributed by atoms with Gasteiger partial charge in [0, 0.05) is 10.6 Å². The number of carbonyl (C=O) groups excluding carboxylic acids is 3. The Hall–Kier alpha value is -3.97. The molecule has 3 aliphatic rings. The molecule has 6 rings (SSSR count). The zero-order valence-corrected chi connectivity index (χ0v) is 19.4. The average molecular weight is 486 g/mol. The maximum Gasteiger partial charge on any atom is 0.240 e. The fourth-order valence-electron chi connectivity index (χ4n) is 5.44. The van der Waals surface area contributed by atoms with Gasteiger partial charge in [-0.2, -0.15) is 5.10 Å². The number of fused-ring (bicyclic) bond motifs is 5. The maximum atomic E-state index is 13.8. The summed E-state index contributed by atoms with van der Waals surface area (Å²) in [7, 11) is 1.55. The van der Waals surface area contributed by atoms with Gasteiger partial charge in [0.2, 0.25) is 11.8 Å². The van der Waals surface area contributed by atoms with E-state index < -0.39 is 29.8 Å². The van der Waals surface area contributed by atoms with Crippen LogP contribution in [0.1, 0.15) is 27.5 Å². The Morgan fingerprint density at radius 1 is 0.914 bits per heavy atom. The van der Waals surface area contributed by atoms with Gasteiger partial charge < -0.3 is 4.74 Å². The molecule has 174 valence electrons. The Kier molecular flexibility index (Phi) is 4.96. The summed E-state index contributed by atoms with van der Waals surface area (Å²) >= 11 is 6.02. The van der Waals surface area contributed by atoms with Crippen LogP contribution in [-0.2, 0) is 9.59 Å². The molecule has 2 fully saturated rings. The number of imide groups is 1. The predicted molar refractivity (Wildman–Crippen MR) is 131 cm³/mol. The molecule has 7 nitrogen and oxygen atoms in total. The van der Waals surface area contributed by atoms with E-state index in [-0.39, 0.29) is 11.7 Å². The lowest BCUT2D eigenvalue weighted by molar-refractivity contribution is -0.124. The van der Waals surface area contributed by atoms with E-state index in [1.807, 2.05) is 24.3 Å². The third-order valence-electron chi connectivity index (χ3n) is 7.02. The van der Waals surface area contributed by atoms with Crippen molar-refractivity contribution in [1.29, 1.82) is 0 Å². The van der Waals surface area contributed by atoms with E-state index in [0.29, 0.717) is 22.0 Å². The van der Waals surface area contributed by atoms with Gasteiger partial charge in [0.05, 0.1) is 36.9 Å². The summed E-state index contributed by atoms with van der Waals surface area (Å²) in [6, 6.07) is 19.5. The van der Waals surface area contributed by atoms with Crippen molar-refractivity contribution in [2.75, 3.05) is 12.0 Å². The first kappa shape index (κ1) is 21.6. The predicted octanol–water partition coefficient (Wildman–Crippen LogP) is 4.11. The molecule has 0 N–H and O–H groups in total. The largest absolute Gasteiger partial charge is 0.497 e. The van der Waals surface area contributed by atoms with Crippen molar-refractivity contribution in [3.05, 3.63) is 94.5 Å². The van der Waals surface area contributed by atoms with Crippen molar-refractivity contribution in [1.82, 2.24) is 5.01 Å². The highest BCUT2D eigenvalue weighted by molar-refractivity contribution is 6.31. The number of carbonyl (C=O) groups is 3. The van der Waals surface area contributed by atoms with Crippen LogP contribution in [0.3, 0.4) is 0 Å². The van der Waals surface area contributed by atoms with E-state index in [4.69, 9.17) is 16.3 Å². The summed E-state index contributed by atoms with van der Waals surface area (Å²) in [6.45, 7) is 0. The highest BCUT2D eigenvalue weighted by atomic mass is 35.5. The van der Waals surface area contributed by atoms with Gasteiger partial charge in [-0.05, 0) is 59.7 Å². The van der Waals surface area contributed by atoms with Gasteiger partial charge in [0.1, 0.15) is 11.8 Å². The summed E-state index contributed by atoms with van der Waals surface area (Å²) in [6.07, 6.45) is 1.69. The van der Waals surface area contributed by atoms with Gasteiger partial charge in [-0.3, -0.25) is 19.4 Å². The second-order valence-corrected chi connectivity index (χ2v) is 9.21. The summed E-state index contributed by atoms with van der Waals surface area (Å²) < 4.78 is 5.21. The van der Waals surface area contributed by atoms with Crippen molar-refractivity contribution < 1.29 is 19.1 Å². The van der Waals surface area contributed by atoms with E-state index in [1.54, 1.807) is 66.9 Å². The zero-order valence-electron chi connectivity index (χ0n) is 18.7. The van der Waals surface area contributed by atoms with Crippen molar-refractivity contribution in [2.24, 2.45) is 16.9 Å². The first-order valence-electron chi connectivity index (χ1n) is 11.2. The van der Waals surface area contributed by atoms with Crippen molar-refractivity contribution in [3.63, 3.8) is 0 Å². The summed E-state index contributed by atoms with van der Waals surface area (Å²) in [4.78, 5) is 42.6. The molecule has 3 aromatic rings. The number of rotatable bonds is 4. The number of nitrogens with zero attached hydrogens (tertiary/aromatic N) is 3. The number of ketones is 1. The molecule has 0 aromatic heterocycles. The first-order chi connectivity index (χ1) is 17.0. The molecule has 0 unspecified atom stereocenters. The van der Waals surface area contributed by atoms with E-state index in [0.717, 1.165) is 11.1 Å². The molecule has 0 spiro atoms. The van der Waals surface area contributed by atoms with Crippen molar-refractivity contribution in [2.45, 2.75) is 12.1 Å². The van der Waals surface area contributed by atoms with E-state index in [9.17, 15) is 14.4 Å². The molecule has 0 aliphatic carbocycles. The third kappa shape index (κ3) is 3.19. The molecule has 2 saturated heterocycles. The minimum Gasteiger partial charge on any atom is -0.497 e. The average Bonchev–Trinajstić information content (AvgIpc) is 3.37. The minimum absolute atomic E-state index is 0.263. The second kappa shape index (κ2) is 8.06. The molecule has 4 atom stereocenters. The molecule has 0 bridgehead atoms. The minimum atomic E-state index is -0.920. The van der Waals surface area contributed by atoms with E-state index in [1.165, 1.54) is 4.90 Å². The monoisotopic (exact) mass is 485 g/mol.